The van der Waals surface area contributed by atoms with Crippen molar-refractivity contribution >= 4 is 52.9 Å². The monoisotopic (exact) mass is 455 g/mol. The summed E-state index contributed by atoms with van der Waals surface area (Å²) >= 11 is 19.5. The fourth-order valence-electron chi connectivity index (χ4n) is 3.25. The molecule has 2 N–H and O–H groups in total. The predicted octanol–water partition coefficient (Wildman–Crippen LogP) is 2.82. The van der Waals surface area contributed by atoms with E-state index < -0.39 is 0 Å². The summed E-state index contributed by atoms with van der Waals surface area (Å²) in [6, 6.07) is 3.56. The zero-order valence-electron chi connectivity index (χ0n) is 15.9. The maximum Gasteiger partial charge on any atom is 0.141 e. The molecule has 0 amide bonds. The Labute approximate surface area is 183 Å². The second-order valence-electron chi connectivity index (χ2n) is 6.81. The average Bonchev–Trinajstić information content (AvgIpc) is 2.67. The van der Waals surface area contributed by atoms with E-state index in [1.54, 1.807) is 20.3 Å². The van der Waals surface area contributed by atoms with E-state index in [4.69, 9.17) is 54.0 Å². The Balaban J connectivity index is 1.88. The van der Waals surface area contributed by atoms with E-state index in [0.29, 0.717) is 44.5 Å². The van der Waals surface area contributed by atoms with Crippen LogP contribution in [0.25, 0.3) is 23.5 Å². The highest BCUT2D eigenvalue weighted by Gasteiger charge is 2.22. The minimum atomic E-state index is -0.313. The molecular weight excluding hydrogens is 437 g/mol. The summed E-state index contributed by atoms with van der Waals surface area (Å²) < 4.78 is 16.0. The van der Waals surface area contributed by atoms with E-state index in [2.05, 4.69) is 10.6 Å². The second kappa shape index (κ2) is 8.48. The number of pyridine rings is 1. The van der Waals surface area contributed by atoms with Crippen LogP contribution in [0, 0.1) is 5.92 Å². The van der Waals surface area contributed by atoms with Crippen LogP contribution in [0.4, 0.5) is 5.82 Å². The van der Waals surface area contributed by atoms with Crippen LogP contribution in [0.15, 0.2) is 12.1 Å². The van der Waals surface area contributed by atoms with Gasteiger partial charge in [0, 0.05) is 40.7 Å². The quantitative estimate of drug-likeness (QED) is 0.515. The van der Waals surface area contributed by atoms with Gasteiger partial charge in [0.2, 0.25) is 0 Å². The Morgan fingerprint density at radius 1 is 1.17 bits per heavy atom. The Kier molecular flexibility index (Phi) is 5.97. The molecule has 1 saturated heterocycles. The standard InChI is InChI=1S/C20H20Cl3N3O3/c1-27-14-5-15(28-2)19(23)17(18(14)22)13-3-11-7-24-16(21)4-12(11)20(26-13)25-6-10-8-29-9-10/h3-5,7,10,16,24H,6,8-9H2,1-2H3,(H,25,26). The number of rotatable bonds is 6. The third-order valence-corrected chi connectivity index (χ3v) is 5.90. The van der Waals surface area contributed by atoms with Gasteiger partial charge in [-0.3, -0.25) is 0 Å². The molecule has 154 valence electrons. The number of aromatic nitrogens is 1. The molecule has 2 aromatic rings. The van der Waals surface area contributed by atoms with Gasteiger partial charge in [0.15, 0.2) is 0 Å². The van der Waals surface area contributed by atoms with Crippen LogP contribution in [-0.2, 0) is 4.74 Å². The van der Waals surface area contributed by atoms with Crippen LogP contribution in [0.5, 0.6) is 11.5 Å². The number of hydrogen-bond acceptors (Lipinski definition) is 6. The number of methoxy groups -OCH3 is 2. The van der Waals surface area contributed by atoms with Crippen LogP contribution in [0.3, 0.4) is 0 Å². The lowest BCUT2D eigenvalue weighted by molar-refractivity contribution is -0.0248. The number of halogens is 3. The Morgan fingerprint density at radius 3 is 2.45 bits per heavy atom. The number of hydrogen-bond donors (Lipinski definition) is 2. The molecule has 1 atom stereocenters. The maximum atomic E-state index is 6.60. The molecule has 29 heavy (non-hydrogen) atoms. The van der Waals surface area contributed by atoms with E-state index in [9.17, 15) is 0 Å². The first kappa shape index (κ1) is 20.4. The highest BCUT2D eigenvalue weighted by Crippen LogP contribution is 2.45. The second-order valence-corrected chi connectivity index (χ2v) is 8.03. The van der Waals surface area contributed by atoms with Gasteiger partial charge >= 0.3 is 0 Å². The summed E-state index contributed by atoms with van der Waals surface area (Å²) in [6.45, 7) is 2.24. The van der Waals surface area contributed by atoms with Crippen LogP contribution in [0.2, 0.25) is 10.0 Å². The van der Waals surface area contributed by atoms with Crippen LogP contribution >= 0.6 is 34.8 Å². The fraction of sp³-hybridized carbons (Fsp3) is 0.350. The summed E-state index contributed by atoms with van der Waals surface area (Å²) in [5.74, 6) is 2.08. The lowest BCUT2D eigenvalue weighted by atomic mass is 10.1. The first-order valence-corrected chi connectivity index (χ1v) is 10.3. The number of nitrogens with one attached hydrogen (secondary N) is 2. The highest BCUT2D eigenvalue weighted by atomic mass is 35.5. The average molecular weight is 457 g/mol. The van der Waals surface area contributed by atoms with Gasteiger partial charge in [0.05, 0.1) is 43.2 Å². The van der Waals surface area contributed by atoms with E-state index in [0.717, 1.165) is 30.2 Å². The Morgan fingerprint density at radius 2 is 1.86 bits per heavy atom. The van der Waals surface area contributed by atoms with Crippen molar-refractivity contribution in [1.82, 2.24) is 10.3 Å². The molecule has 2 aliphatic heterocycles. The first-order chi connectivity index (χ1) is 14.0. The molecule has 0 aliphatic carbocycles. The number of ether oxygens (including phenoxy) is 3. The predicted molar refractivity (Wildman–Crippen MR) is 117 cm³/mol. The van der Waals surface area contributed by atoms with Gasteiger partial charge in [-0.2, -0.15) is 0 Å². The normalized spacial score (nSPS) is 17.9. The van der Waals surface area contributed by atoms with Crippen molar-refractivity contribution in [3.05, 3.63) is 32.6 Å². The topological polar surface area (TPSA) is 64.6 Å². The molecular formula is C20H20Cl3N3O3. The Hall–Kier alpha value is -1.86. The number of fused-ring (bicyclic) bond motifs is 1. The molecule has 1 unspecified atom stereocenters. The minimum Gasteiger partial charge on any atom is -0.495 e. The molecule has 0 bridgehead atoms. The van der Waals surface area contributed by atoms with E-state index >= 15 is 0 Å². The molecule has 4 rings (SSSR count). The van der Waals surface area contributed by atoms with Crippen LogP contribution in [-0.4, -0.2) is 44.5 Å². The van der Waals surface area contributed by atoms with Gasteiger partial charge in [0.1, 0.15) is 22.8 Å². The lowest BCUT2D eigenvalue weighted by Gasteiger charge is -2.26. The molecule has 2 aliphatic rings. The SMILES string of the molecule is COc1cc(OC)c(Cl)c(-c2cc3c(c(NCC4COC4)n2)=CC(Cl)NC=3)c1Cl. The molecule has 6 nitrogen and oxygen atoms in total. The third kappa shape index (κ3) is 3.94. The summed E-state index contributed by atoms with van der Waals surface area (Å²) in [5.41, 5.74) is 0.832. The van der Waals surface area contributed by atoms with Gasteiger partial charge in [-0.25, -0.2) is 4.98 Å². The molecule has 1 aromatic heterocycles. The van der Waals surface area contributed by atoms with Gasteiger partial charge in [-0.1, -0.05) is 34.8 Å². The summed E-state index contributed by atoms with van der Waals surface area (Å²) in [6.07, 6.45) is 3.78. The molecule has 1 fully saturated rings. The first-order valence-electron chi connectivity index (χ1n) is 9.07. The van der Waals surface area contributed by atoms with Crippen molar-refractivity contribution in [2.24, 2.45) is 5.92 Å². The summed E-state index contributed by atoms with van der Waals surface area (Å²) in [5, 5.41) is 9.11. The van der Waals surface area contributed by atoms with Gasteiger partial charge in [-0.05, 0) is 12.1 Å². The molecule has 0 spiro atoms. The summed E-state index contributed by atoms with van der Waals surface area (Å²) in [4.78, 5) is 4.82. The van der Waals surface area contributed by atoms with Crippen molar-refractivity contribution < 1.29 is 14.2 Å². The van der Waals surface area contributed by atoms with Crippen molar-refractivity contribution in [2.75, 3.05) is 39.3 Å². The van der Waals surface area contributed by atoms with E-state index in [-0.39, 0.29) is 5.50 Å². The molecule has 1 aromatic carbocycles. The van der Waals surface area contributed by atoms with E-state index in [1.165, 1.54) is 0 Å². The fourth-order valence-corrected chi connectivity index (χ4v) is 4.13. The van der Waals surface area contributed by atoms with Crippen molar-refractivity contribution in [1.29, 1.82) is 0 Å². The molecule has 0 saturated carbocycles. The number of anilines is 1. The minimum absolute atomic E-state index is 0.313. The van der Waals surface area contributed by atoms with Crippen molar-refractivity contribution in [3.63, 3.8) is 0 Å². The number of benzene rings is 1. The van der Waals surface area contributed by atoms with Gasteiger partial charge in [-0.15, -0.1) is 0 Å². The third-order valence-electron chi connectivity index (χ3n) is 4.90. The molecule has 3 heterocycles. The number of nitrogens with zero attached hydrogens (tertiary/aromatic N) is 1. The zero-order valence-corrected chi connectivity index (χ0v) is 18.2. The van der Waals surface area contributed by atoms with Crippen molar-refractivity contribution in [3.8, 4) is 22.8 Å². The smallest absolute Gasteiger partial charge is 0.141 e. The van der Waals surface area contributed by atoms with E-state index in [1.807, 2.05) is 18.3 Å². The molecule has 0 radical (unpaired) electrons. The zero-order chi connectivity index (χ0) is 20.5. The van der Waals surface area contributed by atoms with Gasteiger partial charge < -0.3 is 24.8 Å². The highest BCUT2D eigenvalue weighted by molar-refractivity contribution is 6.41. The summed E-state index contributed by atoms with van der Waals surface area (Å²) in [7, 11) is 3.08. The van der Waals surface area contributed by atoms with Gasteiger partial charge in [0.25, 0.3) is 0 Å². The van der Waals surface area contributed by atoms with Crippen LogP contribution < -0.4 is 30.5 Å². The Bertz CT molecular complexity index is 1030. The molecule has 9 heteroatoms. The lowest BCUT2D eigenvalue weighted by Crippen LogP contribution is -2.40. The van der Waals surface area contributed by atoms with Crippen LogP contribution in [0.1, 0.15) is 0 Å². The number of alkyl halides is 1. The largest absolute Gasteiger partial charge is 0.495 e. The van der Waals surface area contributed by atoms with Crippen molar-refractivity contribution in [2.45, 2.75) is 5.50 Å². The maximum absolute atomic E-state index is 6.60.